The summed E-state index contributed by atoms with van der Waals surface area (Å²) >= 11 is 3.32. The summed E-state index contributed by atoms with van der Waals surface area (Å²) in [6, 6.07) is 7.10. The van der Waals surface area contributed by atoms with Crippen LogP contribution in [0.15, 0.2) is 28.7 Å². The summed E-state index contributed by atoms with van der Waals surface area (Å²) in [6.07, 6.45) is 0. The van der Waals surface area contributed by atoms with Crippen LogP contribution in [-0.2, 0) is 4.79 Å². The van der Waals surface area contributed by atoms with Gasteiger partial charge in [0.05, 0.1) is 12.6 Å². The number of halogens is 1. The van der Waals surface area contributed by atoms with Gasteiger partial charge in [-0.05, 0) is 25.1 Å². The number of carbonyl (C=O) groups excluding carboxylic acids is 1. The summed E-state index contributed by atoms with van der Waals surface area (Å²) in [5, 5.41) is 8.93. The maximum Gasteiger partial charge on any atom is 0.260 e. The van der Waals surface area contributed by atoms with Gasteiger partial charge >= 0.3 is 0 Å². The van der Waals surface area contributed by atoms with Crippen LogP contribution in [0.4, 0.5) is 0 Å². The minimum absolute atomic E-state index is 0.0305. The van der Waals surface area contributed by atoms with Crippen LogP contribution in [-0.4, -0.2) is 42.2 Å². The summed E-state index contributed by atoms with van der Waals surface area (Å²) in [6.45, 7) is 1.69. The molecule has 0 radical (unpaired) electrons. The molecular formula is C12H16BrNO3. The molecule has 0 spiro atoms. The number of amides is 1. The Balaban J connectivity index is 2.48. The first-order chi connectivity index (χ1) is 8.04. The van der Waals surface area contributed by atoms with Gasteiger partial charge in [0.25, 0.3) is 5.91 Å². The number of carbonyl (C=O) groups is 1. The molecule has 1 unspecified atom stereocenters. The Labute approximate surface area is 109 Å². The molecule has 0 aliphatic rings. The Kier molecular flexibility index (Phi) is 5.44. The quantitative estimate of drug-likeness (QED) is 0.900. The van der Waals surface area contributed by atoms with Gasteiger partial charge in [-0.2, -0.15) is 0 Å². The van der Waals surface area contributed by atoms with E-state index < -0.39 is 0 Å². The minimum atomic E-state index is -0.200. The molecule has 1 atom stereocenters. The van der Waals surface area contributed by atoms with Crippen molar-refractivity contribution in [3.8, 4) is 5.75 Å². The molecule has 1 N–H and O–H groups in total. The molecule has 0 heterocycles. The third-order valence-corrected chi connectivity index (χ3v) is 2.97. The van der Waals surface area contributed by atoms with Crippen LogP contribution < -0.4 is 4.74 Å². The second kappa shape index (κ2) is 6.61. The van der Waals surface area contributed by atoms with Crippen LogP contribution >= 0.6 is 15.9 Å². The topological polar surface area (TPSA) is 49.8 Å². The molecule has 1 amide bonds. The van der Waals surface area contributed by atoms with Gasteiger partial charge in [-0.15, -0.1) is 0 Å². The Bertz CT molecular complexity index is 384. The van der Waals surface area contributed by atoms with Crippen LogP contribution in [0, 0.1) is 0 Å². The van der Waals surface area contributed by atoms with Crippen LogP contribution in [0.5, 0.6) is 5.75 Å². The fraction of sp³-hybridized carbons (Fsp3) is 0.417. The van der Waals surface area contributed by atoms with Crippen molar-refractivity contribution in [3.05, 3.63) is 28.7 Å². The van der Waals surface area contributed by atoms with Crippen LogP contribution in [0.1, 0.15) is 6.92 Å². The summed E-state index contributed by atoms with van der Waals surface area (Å²) in [7, 11) is 1.65. The van der Waals surface area contributed by atoms with Gasteiger partial charge in [0, 0.05) is 11.5 Å². The van der Waals surface area contributed by atoms with Gasteiger partial charge in [-0.1, -0.05) is 22.0 Å². The van der Waals surface area contributed by atoms with Crippen molar-refractivity contribution in [2.75, 3.05) is 20.3 Å². The molecule has 94 valence electrons. The number of rotatable bonds is 5. The molecule has 1 aromatic rings. The average molecular weight is 302 g/mol. The lowest BCUT2D eigenvalue weighted by molar-refractivity contribution is -0.134. The SMILES string of the molecule is CC(CO)N(C)C(=O)COc1cccc(Br)c1. The van der Waals surface area contributed by atoms with Crippen LogP contribution in [0.2, 0.25) is 0 Å². The first-order valence-corrected chi connectivity index (χ1v) is 6.08. The van der Waals surface area contributed by atoms with E-state index in [0.717, 1.165) is 4.47 Å². The molecular weight excluding hydrogens is 286 g/mol. The molecule has 0 saturated heterocycles. The van der Waals surface area contributed by atoms with Gasteiger partial charge in [-0.25, -0.2) is 0 Å². The molecule has 0 aliphatic carbocycles. The van der Waals surface area contributed by atoms with Crippen LogP contribution in [0.3, 0.4) is 0 Å². The second-order valence-corrected chi connectivity index (χ2v) is 4.70. The number of aliphatic hydroxyl groups is 1. The second-order valence-electron chi connectivity index (χ2n) is 3.78. The van der Waals surface area contributed by atoms with Crippen molar-refractivity contribution in [2.45, 2.75) is 13.0 Å². The minimum Gasteiger partial charge on any atom is -0.484 e. The lowest BCUT2D eigenvalue weighted by atomic mass is 10.3. The van der Waals surface area contributed by atoms with Crippen molar-refractivity contribution in [3.63, 3.8) is 0 Å². The number of ether oxygens (including phenoxy) is 1. The zero-order valence-corrected chi connectivity index (χ0v) is 11.5. The van der Waals surface area contributed by atoms with E-state index in [2.05, 4.69) is 15.9 Å². The third-order valence-electron chi connectivity index (χ3n) is 2.48. The molecule has 17 heavy (non-hydrogen) atoms. The highest BCUT2D eigenvalue weighted by atomic mass is 79.9. The first kappa shape index (κ1) is 14.0. The Hall–Kier alpha value is -1.07. The fourth-order valence-corrected chi connectivity index (χ4v) is 1.55. The summed E-state index contributed by atoms with van der Waals surface area (Å²) in [5.41, 5.74) is 0. The maximum absolute atomic E-state index is 11.7. The molecule has 0 aromatic heterocycles. The fourth-order valence-electron chi connectivity index (χ4n) is 1.17. The highest BCUT2D eigenvalue weighted by Crippen LogP contribution is 2.17. The zero-order chi connectivity index (χ0) is 12.8. The van der Waals surface area contributed by atoms with E-state index in [1.165, 1.54) is 4.90 Å². The van der Waals surface area contributed by atoms with Crippen molar-refractivity contribution in [2.24, 2.45) is 0 Å². The number of benzene rings is 1. The van der Waals surface area contributed by atoms with Gasteiger partial charge in [0.2, 0.25) is 0 Å². The molecule has 1 aromatic carbocycles. The number of hydrogen-bond acceptors (Lipinski definition) is 3. The van der Waals surface area contributed by atoms with E-state index in [1.54, 1.807) is 26.1 Å². The van der Waals surface area contributed by atoms with Crippen molar-refractivity contribution in [1.29, 1.82) is 0 Å². The van der Waals surface area contributed by atoms with E-state index in [-0.39, 0.29) is 25.2 Å². The summed E-state index contributed by atoms with van der Waals surface area (Å²) in [4.78, 5) is 13.1. The van der Waals surface area contributed by atoms with Gasteiger partial charge in [-0.3, -0.25) is 4.79 Å². The zero-order valence-electron chi connectivity index (χ0n) is 9.89. The normalized spacial score (nSPS) is 12.0. The Morgan fingerprint density at radius 2 is 2.29 bits per heavy atom. The molecule has 0 saturated carbocycles. The molecule has 0 bridgehead atoms. The Morgan fingerprint density at radius 3 is 2.88 bits per heavy atom. The number of nitrogens with zero attached hydrogens (tertiary/aromatic N) is 1. The van der Waals surface area contributed by atoms with E-state index in [1.807, 2.05) is 12.1 Å². The van der Waals surface area contributed by atoms with E-state index in [4.69, 9.17) is 9.84 Å². The summed E-state index contributed by atoms with van der Waals surface area (Å²) in [5.74, 6) is 0.476. The van der Waals surface area contributed by atoms with Gasteiger partial charge in [0.1, 0.15) is 5.75 Å². The van der Waals surface area contributed by atoms with E-state index >= 15 is 0 Å². The predicted molar refractivity (Wildman–Crippen MR) is 69.0 cm³/mol. The van der Waals surface area contributed by atoms with Gasteiger partial charge in [0.15, 0.2) is 6.61 Å². The molecule has 5 heteroatoms. The van der Waals surface area contributed by atoms with Crippen molar-refractivity contribution in [1.82, 2.24) is 4.90 Å². The predicted octanol–water partition coefficient (Wildman–Crippen LogP) is 1.67. The smallest absolute Gasteiger partial charge is 0.260 e. The highest BCUT2D eigenvalue weighted by Gasteiger charge is 2.15. The Morgan fingerprint density at radius 1 is 1.59 bits per heavy atom. The first-order valence-electron chi connectivity index (χ1n) is 5.29. The summed E-state index contributed by atoms with van der Waals surface area (Å²) < 4.78 is 6.26. The molecule has 0 aliphatic heterocycles. The largest absolute Gasteiger partial charge is 0.484 e. The number of aliphatic hydroxyl groups excluding tert-OH is 1. The van der Waals surface area contributed by atoms with E-state index in [9.17, 15) is 4.79 Å². The maximum atomic E-state index is 11.7. The lowest BCUT2D eigenvalue weighted by Gasteiger charge is -2.23. The van der Waals surface area contributed by atoms with Crippen LogP contribution in [0.25, 0.3) is 0 Å². The highest BCUT2D eigenvalue weighted by molar-refractivity contribution is 9.10. The van der Waals surface area contributed by atoms with Gasteiger partial charge < -0.3 is 14.7 Å². The molecule has 4 nitrogen and oxygen atoms in total. The standard InChI is InChI=1S/C12H16BrNO3/c1-9(7-15)14(2)12(16)8-17-11-5-3-4-10(13)6-11/h3-6,9,15H,7-8H2,1-2H3. The average Bonchev–Trinajstić information content (AvgIpc) is 2.34. The monoisotopic (exact) mass is 301 g/mol. The van der Waals surface area contributed by atoms with Crippen molar-refractivity contribution < 1.29 is 14.6 Å². The van der Waals surface area contributed by atoms with E-state index in [0.29, 0.717) is 5.75 Å². The number of hydrogen-bond donors (Lipinski definition) is 1. The number of likely N-dealkylation sites (N-methyl/N-ethyl adjacent to an activating group) is 1. The molecule has 0 fully saturated rings. The lowest BCUT2D eigenvalue weighted by Crippen LogP contribution is -2.40. The van der Waals surface area contributed by atoms with Crippen molar-refractivity contribution >= 4 is 21.8 Å². The third kappa shape index (κ3) is 4.36. The molecule has 1 rings (SSSR count).